The first kappa shape index (κ1) is 12.9. The van der Waals surface area contributed by atoms with Crippen molar-refractivity contribution in [1.29, 1.82) is 0 Å². The average Bonchev–Trinajstić information content (AvgIpc) is 2.28. The number of anilines is 1. The van der Waals surface area contributed by atoms with Crippen LogP contribution >= 0.6 is 0 Å². The molecular formula is C11H19N3O2. The number of nitrogens with one attached hydrogen (secondary N) is 1. The summed E-state index contributed by atoms with van der Waals surface area (Å²) in [5, 5.41) is 3.21. The predicted octanol–water partition coefficient (Wildman–Crippen LogP) is 1.17. The molecule has 1 unspecified atom stereocenters. The molecular weight excluding hydrogens is 206 g/mol. The number of ether oxygens (including phenoxy) is 2. The molecule has 5 heteroatoms. The van der Waals surface area contributed by atoms with Gasteiger partial charge >= 0.3 is 0 Å². The predicted molar refractivity (Wildman–Crippen MR) is 62.7 cm³/mol. The van der Waals surface area contributed by atoms with Gasteiger partial charge in [-0.2, -0.15) is 0 Å². The van der Waals surface area contributed by atoms with Crippen molar-refractivity contribution in [2.24, 2.45) is 0 Å². The molecule has 1 aromatic heterocycles. The maximum absolute atomic E-state index is 5.25. The van der Waals surface area contributed by atoms with Crippen LogP contribution in [0.2, 0.25) is 0 Å². The Morgan fingerprint density at radius 1 is 1.38 bits per heavy atom. The first-order valence-electron chi connectivity index (χ1n) is 5.23. The van der Waals surface area contributed by atoms with Crippen molar-refractivity contribution in [3.05, 3.63) is 17.6 Å². The Hall–Kier alpha value is -1.20. The summed E-state index contributed by atoms with van der Waals surface area (Å²) in [5.41, 5.74) is 1.78. The Kier molecular flexibility index (Phi) is 5.14. The number of aryl methyl sites for hydroxylation is 2. The third kappa shape index (κ3) is 3.75. The van der Waals surface area contributed by atoms with E-state index >= 15 is 0 Å². The molecule has 16 heavy (non-hydrogen) atoms. The van der Waals surface area contributed by atoms with Gasteiger partial charge in [0.2, 0.25) is 0 Å². The summed E-state index contributed by atoms with van der Waals surface area (Å²) >= 11 is 0. The van der Waals surface area contributed by atoms with Gasteiger partial charge in [-0.3, -0.25) is 4.98 Å². The van der Waals surface area contributed by atoms with E-state index in [1.54, 1.807) is 20.4 Å². The summed E-state index contributed by atoms with van der Waals surface area (Å²) in [7, 11) is 3.32. The van der Waals surface area contributed by atoms with Gasteiger partial charge in [0.05, 0.1) is 24.1 Å². The van der Waals surface area contributed by atoms with E-state index in [-0.39, 0.29) is 6.10 Å². The van der Waals surface area contributed by atoms with Gasteiger partial charge in [0.1, 0.15) is 5.82 Å². The number of hydrogen-bond acceptors (Lipinski definition) is 5. The fourth-order valence-electron chi connectivity index (χ4n) is 1.31. The highest BCUT2D eigenvalue weighted by molar-refractivity contribution is 5.39. The molecule has 0 fully saturated rings. The van der Waals surface area contributed by atoms with E-state index in [0.717, 1.165) is 17.2 Å². The maximum atomic E-state index is 5.25. The quantitative estimate of drug-likeness (QED) is 0.787. The zero-order chi connectivity index (χ0) is 12.0. The summed E-state index contributed by atoms with van der Waals surface area (Å²) in [5.74, 6) is 0.804. The lowest BCUT2D eigenvalue weighted by atomic mass is 10.3. The molecule has 0 saturated heterocycles. The zero-order valence-electron chi connectivity index (χ0n) is 10.3. The molecule has 1 heterocycles. The lowest BCUT2D eigenvalue weighted by Gasteiger charge is -2.16. The van der Waals surface area contributed by atoms with Crippen LogP contribution < -0.4 is 5.32 Å². The standard InChI is InChI=1S/C11H19N3O2/c1-8-5-12-9(2)11(14-8)13-6-10(16-4)7-15-3/h5,10H,6-7H2,1-4H3,(H,13,14). The first-order chi connectivity index (χ1) is 7.67. The van der Waals surface area contributed by atoms with Crippen LogP contribution in [0.5, 0.6) is 0 Å². The van der Waals surface area contributed by atoms with Gasteiger partial charge in [0.15, 0.2) is 0 Å². The van der Waals surface area contributed by atoms with Crippen molar-refractivity contribution >= 4 is 5.82 Å². The molecule has 5 nitrogen and oxygen atoms in total. The first-order valence-corrected chi connectivity index (χ1v) is 5.23. The highest BCUT2D eigenvalue weighted by Gasteiger charge is 2.08. The average molecular weight is 225 g/mol. The minimum Gasteiger partial charge on any atom is -0.382 e. The molecule has 0 amide bonds. The summed E-state index contributed by atoms with van der Waals surface area (Å²) in [6.07, 6.45) is 1.77. The van der Waals surface area contributed by atoms with E-state index in [1.807, 2.05) is 13.8 Å². The molecule has 0 bridgehead atoms. The van der Waals surface area contributed by atoms with E-state index in [1.165, 1.54) is 0 Å². The molecule has 0 saturated carbocycles. The van der Waals surface area contributed by atoms with Crippen molar-refractivity contribution in [3.63, 3.8) is 0 Å². The smallest absolute Gasteiger partial charge is 0.147 e. The van der Waals surface area contributed by atoms with Crippen LogP contribution in [0.15, 0.2) is 6.20 Å². The van der Waals surface area contributed by atoms with Crippen LogP contribution in [0, 0.1) is 13.8 Å². The lowest BCUT2D eigenvalue weighted by Crippen LogP contribution is -2.27. The van der Waals surface area contributed by atoms with Crippen molar-refractivity contribution in [2.45, 2.75) is 20.0 Å². The molecule has 1 aromatic rings. The third-order valence-corrected chi connectivity index (χ3v) is 2.26. The number of nitrogens with zero attached hydrogens (tertiary/aromatic N) is 2. The van der Waals surface area contributed by atoms with Crippen LogP contribution in [0.4, 0.5) is 5.82 Å². The molecule has 1 atom stereocenters. The zero-order valence-corrected chi connectivity index (χ0v) is 10.3. The van der Waals surface area contributed by atoms with Crippen molar-refractivity contribution in [3.8, 4) is 0 Å². The monoisotopic (exact) mass is 225 g/mol. The fraction of sp³-hybridized carbons (Fsp3) is 0.636. The van der Waals surface area contributed by atoms with Gasteiger partial charge in [-0.1, -0.05) is 0 Å². The summed E-state index contributed by atoms with van der Waals surface area (Å²) in [6, 6.07) is 0. The number of methoxy groups -OCH3 is 2. The summed E-state index contributed by atoms with van der Waals surface area (Å²) < 4.78 is 10.3. The van der Waals surface area contributed by atoms with Gasteiger partial charge in [-0.15, -0.1) is 0 Å². The lowest BCUT2D eigenvalue weighted by molar-refractivity contribution is 0.0365. The van der Waals surface area contributed by atoms with Gasteiger partial charge in [-0.25, -0.2) is 4.98 Å². The molecule has 0 radical (unpaired) electrons. The molecule has 90 valence electrons. The van der Waals surface area contributed by atoms with E-state index in [4.69, 9.17) is 9.47 Å². The van der Waals surface area contributed by atoms with Crippen LogP contribution in [0.3, 0.4) is 0 Å². The number of rotatable bonds is 6. The molecule has 0 aliphatic carbocycles. The second kappa shape index (κ2) is 6.40. The van der Waals surface area contributed by atoms with Crippen molar-refractivity contribution < 1.29 is 9.47 Å². The van der Waals surface area contributed by atoms with Gasteiger partial charge in [0, 0.05) is 27.0 Å². The summed E-state index contributed by atoms with van der Waals surface area (Å²) in [4.78, 5) is 8.60. The molecule has 1 rings (SSSR count). The normalized spacial score (nSPS) is 12.5. The second-order valence-electron chi connectivity index (χ2n) is 3.64. The topological polar surface area (TPSA) is 56.3 Å². The Labute approximate surface area is 96.2 Å². The Morgan fingerprint density at radius 2 is 2.12 bits per heavy atom. The molecule has 0 spiro atoms. The largest absolute Gasteiger partial charge is 0.382 e. The van der Waals surface area contributed by atoms with Gasteiger partial charge in [0.25, 0.3) is 0 Å². The Morgan fingerprint density at radius 3 is 2.75 bits per heavy atom. The number of hydrogen-bond donors (Lipinski definition) is 1. The summed E-state index contributed by atoms with van der Waals surface area (Å²) in [6.45, 7) is 5.05. The van der Waals surface area contributed by atoms with E-state index < -0.39 is 0 Å². The highest BCUT2D eigenvalue weighted by atomic mass is 16.5. The van der Waals surface area contributed by atoms with Crippen LogP contribution in [-0.2, 0) is 9.47 Å². The molecule has 0 aliphatic rings. The third-order valence-electron chi connectivity index (χ3n) is 2.26. The molecule has 1 N–H and O–H groups in total. The Balaban J connectivity index is 2.55. The minimum absolute atomic E-state index is 0.0201. The maximum Gasteiger partial charge on any atom is 0.147 e. The second-order valence-corrected chi connectivity index (χ2v) is 3.64. The highest BCUT2D eigenvalue weighted by Crippen LogP contribution is 2.08. The SMILES string of the molecule is COCC(CNc1nc(C)cnc1C)OC. The van der Waals surface area contributed by atoms with Crippen LogP contribution in [0.25, 0.3) is 0 Å². The molecule has 0 aliphatic heterocycles. The van der Waals surface area contributed by atoms with E-state index in [2.05, 4.69) is 15.3 Å². The van der Waals surface area contributed by atoms with Crippen LogP contribution in [0.1, 0.15) is 11.4 Å². The van der Waals surface area contributed by atoms with Gasteiger partial charge < -0.3 is 14.8 Å². The van der Waals surface area contributed by atoms with Crippen molar-refractivity contribution in [2.75, 3.05) is 32.7 Å². The van der Waals surface area contributed by atoms with Crippen molar-refractivity contribution in [1.82, 2.24) is 9.97 Å². The van der Waals surface area contributed by atoms with E-state index in [9.17, 15) is 0 Å². The number of aromatic nitrogens is 2. The fourth-order valence-corrected chi connectivity index (χ4v) is 1.31. The van der Waals surface area contributed by atoms with Crippen LogP contribution in [-0.4, -0.2) is 43.4 Å². The molecule has 0 aromatic carbocycles. The van der Waals surface area contributed by atoms with E-state index in [0.29, 0.717) is 13.2 Å². The minimum atomic E-state index is 0.0201. The van der Waals surface area contributed by atoms with Gasteiger partial charge in [-0.05, 0) is 13.8 Å². The Bertz CT molecular complexity index is 331.